The maximum Gasteiger partial charge on any atom is 0.239 e. The zero-order chi connectivity index (χ0) is 12.7. The van der Waals surface area contributed by atoms with E-state index in [-0.39, 0.29) is 18.4 Å². The minimum absolute atomic E-state index is 0.0687. The van der Waals surface area contributed by atoms with Crippen molar-refractivity contribution in [3.05, 3.63) is 0 Å². The first-order valence-corrected chi connectivity index (χ1v) is 5.65. The number of hydrogen-bond donors (Lipinski definition) is 2. The van der Waals surface area contributed by atoms with Crippen LogP contribution in [0, 0.1) is 5.92 Å². The highest BCUT2D eigenvalue weighted by atomic mass is 16.2. The smallest absolute Gasteiger partial charge is 0.239 e. The molecule has 0 saturated carbocycles. The van der Waals surface area contributed by atoms with Gasteiger partial charge in [0.1, 0.15) is 0 Å². The van der Waals surface area contributed by atoms with Gasteiger partial charge in [-0.15, -0.1) is 0 Å². The van der Waals surface area contributed by atoms with E-state index >= 15 is 0 Å². The van der Waals surface area contributed by atoms with Crippen LogP contribution in [-0.4, -0.2) is 42.9 Å². The number of hydrogen-bond acceptors (Lipinski definition) is 3. The maximum absolute atomic E-state index is 11.6. The molecule has 0 spiro atoms. The van der Waals surface area contributed by atoms with Crippen LogP contribution in [0.15, 0.2) is 0 Å². The predicted molar refractivity (Wildman–Crippen MR) is 63.8 cm³/mol. The summed E-state index contributed by atoms with van der Waals surface area (Å²) in [5.41, 5.74) is 5.59. The Hall–Kier alpha value is -1.10. The third-order valence-electron chi connectivity index (χ3n) is 2.22. The van der Waals surface area contributed by atoms with Gasteiger partial charge < -0.3 is 16.0 Å². The molecule has 1 atom stereocenters. The van der Waals surface area contributed by atoms with Crippen molar-refractivity contribution in [3.63, 3.8) is 0 Å². The Morgan fingerprint density at radius 2 is 1.94 bits per heavy atom. The summed E-state index contributed by atoms with van der Waals surface area (Å²) in [6.45, 7) is 6.57. The summed E-state index contributed by atoms with van der Waals surface area (Å²) in [6, 6.07) is -0.511. The molecular formula is C11H23N3O2. The number of nitrogens with zero attached hydrogens (tertiary/aromatic N) is 1. The first-order valence-electron chi connectivity index (χ1n) is 5.65. The second kappa shape index (κ2) is 7.22. The monoisotopic (exact) mass is 229 g/mol. The predicted octanol–water partition coefficient (Wildman–Crippen LogP) is -0.0457. The minimum Gasteiger partial charge on any atom is -0.354 e. The molecule has 5 nitrogen and oxygen atoms in total. The van der Waals surface area contributed by atoms with Crippen LogP contribution in [0.25, 0.3) is 0 Å². The number of nitrogens with one attached hydrogen (secondary N) is 1. The van der Waals surface area contributed by atoms with Crippen molar-refractivity contribution in [1.82, 2.24) is 10.2 Å². The van der Waals surface area contributed by atoms with Crippen molar-refractivity contribution < 1.29 is 9.59 Å². The molecule has 0 aromatic carbocycles. The molecule has 3 N–H and O–H groups in total. The molecule has 0 aliphatic carbocycles. The van der Waals surface area contributed by atoms with Crippen molar-refractivity contribution in [2.75, 3.05) is 20.1 Å². The van der Waals surface area contributed by atoms with Crippen LogP contribution in [0.1, 0.15) is 27.2 Å². The van der Waals surface area contributed by atoms with Gasteiger partial charge in [0, 0.05) is 13.6 Å². The molecule has 16 heavy (non-hydrogen) atoms. The number of carbonyl (C=O) groups excluding carboxylic acids is 2. The highest BCUT2D eigenvalue weighted by Crippen LogP contribution is 1.94. The normalized spacial score (nSPS) is 12.4. The molecule has 0 aliphatic heterocycles. The largest absolute Gasteiger partial charge is 0.354 e. The molecule has 0 radical (unpaired) electrons. The lowest BCUT2D eigenvalue weighted by Crippen LogP contribution is -2.46. The van der Waals surface area contributed by atoms with Crippen molar-refractivity contribution in [2.45, 2.75) is 33.2 Å². The summed E-state index contributed by atoms with van der Waals surface area (Å²) in [6.07, 6.45) is 0.580. The summed E-state index contributed by atoms with van der Waals surface area (Å²) in [7, 11) is 1.59. The molecule has 0 saturated heterocycles. The van der Waals surface area contributed by atoms with Crippen LogP contribution in [0.4, 0.5) is 0 Å². The van der Waals surface area contributed by atoms with Gasteiger partial charge in [-0.2, -0.15) is 0 Å². The molecule has 0 heterocycles. The number of nitrogens with two attached hydrogens (primary N) is 1. The molecule has 0 bridgehead atoms. The van der Waals surface area contributed by atoms with Gasteiger partial charge in [-0.1, -0.05) is 20.8 Å². The van der Waals surface area contributed by atoms with E-state index in [2.05, 4.69) is 5.32 Å². The Morgan fingerprint density at radius 1 is 1.38 bits per heavy atom. The molecular weight excluding hydrogens is 206 g/mol. The van der Waals surface area contributed by atoms with E-state index in [0.29, 0.717) is 18.9 Å². The van der Waals surface area contributed by atoms with Crippen LogP contribution >= 0.6 is 0 Å². The summed E-state index contributed by atoms with van der Waals surface area (Å²) >= 11 is 0. The van der Waals surface area contributed by atoms with Crippen molar-refractivity contribution >= 4 is 11.8 Å². The second-order valence-corrected chi connectivity index (χ2v) is 4.41. The van der Waals surface area contributed by atoms with Crippen LogP contribution in [0.3, 0.4) is 0 Å². The molecule has 5 heteroatoms. The van der Waals surface area contributed by atoms with Crippen LogP contribution in [0.5, 0.6) is 0 Å². The topological polar surface area (TPSA) is 75.4 Å². The lowest BCUT2D eigenvalue weighted by atomic mass is 10.2. The Balaban J connectivity index is 3.99. The summed E-state index contributed by atoms with van der Waals surface area (Å²) < 4.78 is 0. The van der Waals surface area contributed by atoms with E-state index in [4.69, 9.17) is 5.73 Å². The molecule has 0 unspecified atom stereocenters. The third-order valence-corrected chi connectivity index (χ3v) is 2.22. The highest BCUT2D eigenvalue weighted by Gasteiger charge is 2.18. The molecule has 0 aromatic heterocycles. The fourth-order valence-corrected chi connectivity index (χ4v) is 1.12. The van der Waals surface area contributed by atoms with Gasteiger partial charge >= 0.3 is 0 Å². The summed E-state index contributed by atoms with van der Waals surface area (Å²) in [5.74, 6) is 0.0675. The Morgan fingerprint density at radius 3 is 2.38 bits per heavy atom. The van der Waals surface area contributed by atoms with Gasteiger partial charge in [-0.05, 0) is 12.3 Å². The number of rotatable bonds is 6. The molecule has 94 valence electrons. The minimum atomic E-state index is -0.511. The lowest BCUT2D eigenvalue weighted by molar-refractivity contribution is -0.135. The van der Waals surface area contributed by atoms with Crippen molar-refractivity contribution in [1.29, 1.82) is 0 Å². The number of carbonyl (C=O) groups is 2. The standard InChI is InChI=1S/C11H23N3O2/c1-5-9(12)11(16)14(4)7-10(15)13-6-8(2)3/h8-9H,5-7,12H2,1-4H3,(H,13,15)/t9-/m1/s1. The molecule has 2 amide bonds. The van der Waals surface area contributed by atoms with Gasteiger partial charge in [0.2, 0.25) is 11.8 Å². The van der Waals surface area contributed by atoms with Crippen LogP contribution in [0.2, 0.25) is 0 Å². The van der Waals surface area contributed by atoms with Gasteiger partial charge in [-0.25, -0.2) is 0 Å². The van der Waals surface area contributed by atoms with Gasteiger partial charge in [-0.3, -0.25) is 9.59 Å². The highest BCUT2D eigenvalue weighted by molar-refractivity contribution is 5.87. The number of likely N-dealkylation sites (N-methyl/N-ethyl adjacent to an activating group) is 1. The Kier molecular flexibility index (Phi) is 6.72. The summed E-state index contributed by atoms with van der Waals surface area (Å²) in [5, 5.41) is 2.75. The molecule has 0 aliphatic rings. The summed E-state index contributed by atoms with van der Waals surface area (Å²) in [4.78, 5) is 24.4. The molecule has 0 fully saturated rings. The Labute approximate surface area is 97.4 Å². The van der Waals surface area contributed by atoms with E-state index in [9.17, 15) is 9.59 Å². The van der Waals surface area contributed by atoms with E-state index in [1.807, 2.05) is 20.8 Å². The average Bonchev–Trinajstić information content (AvgIpc) is 2.24. The Bertz CT molecular complexity index is 241. The van der Waals surface area contributed by atoms with E-state index < -0.39 is 6.04 Å². The van der Waals surface area contributed by atoms with Gasteiger partial charge in [0.15, 0.2) is 0 Å². The SMILES string of the molecule is CC[C@@H](N)C(=O)N(C)CC(=O)NCC(C)C. The molecule has 0 rings (SSSR count). The quantitative estimate of drug-likeness (QED) is 0.671. The maximum atomic E-state index is 11.6. The van der Waals surface area contributed by atoms with Crippen molar-refractivity contribution in [2.24, 2.45) is 11.7 Å². The van der Waals surface area contributed by atoms with Crippen molar-refractivity contribution in [3.8, 4) is 0 Å². The van der Waals surface area contributed by atoms with E-state index in [1.165, 1.54) is 4.90 Å². The zero-order valence-corrected chi connectivity index (χ0v) is 10.6. The third kappa shape index (κ3) is 5.70. The van der Waals surface area contributed by atoms with Crippen LogP contribution < -0.4 is 11.1 Å². The van der Waals surface area contributed by atoms with Gasteiger partial charge in [0.05, 0.1) is 12.6 Å². The zero-order valence-electron chi connectivity index (χ0n) is 10.6. The molecule has 0 aromatic rings. The van der Waals surface area contributed by atoms with Gasteiger partial charge in [0.25, 0.3) is 0 Å². The number of amides is 2. The van der Waals surface area contributed by atoms with E-state index in [0.717, 1.165) is 0 Å². The first kappa shape index (κ1) is 14.9. The fourth-order valence-electron chi connectivity index (χ4n) is 1.12. The first-order chi connectivity index (χ1) is 7.38. The fraction of sp³-hybridized carbons (Fsp3) is 0.818. The lowest BCUT2D eigenvalue weighted by Gasteiger charge is -2.20. The second-order valence-electron chi connectivity index (χ2n) is 4.41. The van der Waals surface area contributed by atoms with E-state index in [1.54, 1.807) is 7.05 Å². The average molecular weight is 229 g/mol. The van der Waals surface area contributed by atoms with Crippen LogP contribution in [-0.2, 0) is 9.59 Å².